The number of rotatable bonds is 1. The van der Waals surface area contributed by atoms with Crippen LogP contribution < -0.4 is 4.90 Å². The first-order valence-corrected chi connectivity index (χ1v) is 6.98. The molecule has 0 aromatic heterocycles. The van der Waals surface area contributed by atoms with E-state index in [4.69, 9.17) is 4.74 Å². The lowest BCUT2D eigenvalue weighted by Gasteiger charge is -2.43. The molecule has 0 unspecified atom stereocenters. The predicted octanol–water partition coefficient (Wildman–Crippen LogP) is 3.44. The van der Waals surface area contributed by atoms with Gasteiger partial charge in [-0.3, -0.25) is 4.90 Å². The monoisotopic (exact) mass is 261 g/mol. The van der Waals surface area contributed by atoms with Crippen molar-refractivity contribution in [1.82, 2.24) is 0 Å². The quantitative estimate of drug-likeness (QED) is 0.842. The van der Waals surface area contributed by atoms with Gasteiger partial charge < -0.3 is 9.84 Å². The van der Waals surface area contributed by atoms with Crippen LogP contribution in [-0.2, 0) is 4.74 Å². The lowest BCUT2D eigenvalue weighted by molar-refractivity contribution is -0.0309. The van der Waals surface area contributed by atoms with E-state index in [1.165, 1.54) is 6.42 Å². The highest BCUT2D eigenvalue weighted by Gasteiger charge is 2.41. The van der Waals surface area contributed by atoms with E-state index < -0.39 is 0 Å². The van der Waals surface area contributed by atoms with Crippen LogP contribution in [0.2, 0.25) is 0 Å². The van der Waals surface area contributed by atoms with Crippen LogP contribution in [0.15, 0.2) is 24.3 Å². The van der Waals surface area contributed by atoms with Crippen LogP contribution in [0.3, 0.4) is 0 Å². The minimum Gasteiger partial charge on any atom is -0.508 e. The van der Waals surface area contributed by atoms with Gasteiger partial charge in [-0.15, -0.1) is 0 Å². The zero-order chi connectivity index (χ0) is 13.3. The van der Waals surface area contributed by atoms with Crippen molar-refractivity contribution in [3.05, 3.63) is 24.3 Å². The summed E-state index contributed by atoms with van der Waals surface area (Å²) >= 11 is 0. The molecule has 1 N–H and O–H groups in total. The molecule has 2 fully saturated rings. The summed E-state index contributed by atoms with van der Waals surface area (Å²) in [6, 6.07) is 6.75. The molecule has 2 aliphatic rings. The van der Waals surface area contributed by atoms with Crippen LogP contribution in [0.25, 0.3) is 0 Å². The Bertz CT molecular complexity index is 480. The number of phenolic OH excluding ortho intramolecular Hbond substituents is 1. The Kier molecular flexibility index (Phi) is 3.09. The van der Waals surface area contributed by atoms with Crippen molar-refractivity contribution in [2.75, 3.05) is 11.4 Å². The molecule has 1 aromatic rings. The van der Waals surface area contributed by atoms with Crippen LogP contribution >= 0.6 is 0 Å². The maximum absolute atomic E-state index is 12.2. The Morgan fingerprint density at radius 3 is 2.63 bits per heavy atom. The highest BCUT2D eigenvalue weighted by molar-refractivity contribution is 5.88. The molecular weight excluding hydrogens is 242 g/mol. The average Bonchev–Trinajstić information content (AvgIpc) is 2.39. The van der Waals surface area contributed by atoms with Crippen molar-refractivity contribution < 1.29 is 14.6 Å². The number of hydrogen-bond donors (Lipinski definition) is 1. The second-order valence-corrected chi connectivity index (χ2v) is 5.53. The molecule has 0 radical (unpaired) electrons. The van der Waals surface area contributed by atoms with E-state index in [2.05, 4.69) is 0 Å². The molecule has 3 rings (SSSR count). The maximum Gasteiger partial charge on any atom is 0.414 e. The van der Waals surface area contributed by atoms with Gasteiger partial charge in [0.2, 0.25) is 0 Å². The molecule has 19 heavy (non-hydrogen) atoms. The summed E-state index contributed by atoms with van der Waals surface area (Å²) in [5.74, 6) is 0.170. The number of nitrogens with zero attached hydrogens (tertiary/aromatic N) is 1. The fourth-order valence-electron chi connectivity index (χ4n) is 3.14. The minimum atomic E-state index is -0.279. The van der Waals surface area contributed by atoms with Gasteiger partial charge in [0.15, 0.2) is 0 Å². The highest BCUT2D eigenvalue weighted by Crippen LogP contribution is 2.38. The van der Waals surface area contributed by atoms with Gasteiger partial charge in [0.1, 0.15) is 11.4 Å². The molecule has 1 saturated carbocycles. The number of aromatic hydroxyl groups is 1. The van der Waals surface area contributed by atoms with Crippen LogP contribution in [0, 0.1) is 0 Å². The summed E-state index contributed by atoms with van der Waals surface area (Å²) in [5, 5.41) is 9.49. The Morgan fingerprint density at radius 2 is 1.95 bits per heavy atom. The normalized spacial score (nSPS) is 22.3. The lowest BCUT2D eigenvalue weighted by atomic mass is 9.81. The topological polar surface area (TPSA) is 49.8 Å². The number of carbonyl (C=O) groups is 1. The van der Waals surface area contributed by atoms with Gasteiger partial charge in [-0.1, -0.05) is 12.5 Å². The van der Waals surface area contributed by atoms with E-state index in [1.54, 1.807) is 23.1 Å². The summed E-state index contributed by atoms with van der Waals surface area (Å²) in [6.45, 7) is 0.669. The Balaban J connectivity index is 1.76. The molecule has 4 heteroatoms. The largest absolute Gasteiger partial charge is 0.508 e. The number of ether oxygens (including phenoxy) is 1. The Labute approximate surface area is 113 Å². The third kappa shape index (κ3) is 2.39. The first-order chi connectivity index (χ1) is 9.19. The summed E-state index contributed by atoms with van der Waals surface area (Å²) in [7, 11) is 0. The van der Waals surface area contributed by atoms with Crippen LogP contribution in [-0.4, -0.2) is 23.3 Å². The first-order valence-electron chi connectivity index (χ1n) is 6.98. The summed E-state index contributed by atoms with van der Waals surface area (Å²) in [6.07, 6.45) is 6.14. The van der Waals surface area contributed by atoms with Crippen molar-refractivity contribution >= 4 is 11.8 Å². The molecule has 0 atom stereocenters. The van der Waals surface area contributed by atoms with Crippen LogP contribution in [0.5, 0.6) is 5.75 Å². The third-order valence-electron chi connectivity index (χ3n) is 4.22. The SMILES string of the molecule is O=C1OC2(CCCCC2)CCN1c1cccc(O)c1. The summed E-state index contributed by atoms with van der Waals surface area (Å²) in [4.78, 5) is 13.8. The maximum atomic E-state index is 12.2. The van der Waals surface area contributed by atoms with Crippen molar-refractivity contribution in [2.45, 2.75) is 44.1 Å². The zero-order valence-electron chi connectivity index (χ0n) is 11.0. The van der Waals surface area contributed by atoms with E-state index in [0.29, 0.717) is 12.2 Å². The molecule has 1 aliphatic carbocycles. The molecular formula is C15H19NO3. The fourth-order valence-corrected chi connectivity index (χ4v) is 3.14. The molecule has 1 heterocycles. The van der Waals surface area contributed by atoms with Gasteiger partial charge in [0.25, 0.3) is 0 Å². The molecule has 1 amide bonds. The van der Waals surface area contributed by atoms with Crippen molar-refractivity contribution in [2.24, 2.45) is 0 Å². The Morgan fingerprint density at radius 1 is 1.16 bits per heavy atom. The third-order valence-corrected chi connectivity index (χ3v) is 4.22. The van der Waals surface area contributed by atoms with E-state index in [9.17, 15) is 9.90 Å². The molecule has 1 aliphatic heterocycles. The standard InChI is InChI=1S/C15H19NO3/c17-13-6-4-5-12(11-13)16-10-9-15(19-14(16)18)7-2-1-3-8-15/h4-6,11,17H,1-3,7-10H2. The average molecular weight is 261 g/mol. The molecule has 102 valence electrons. The molecule has 1 saturated heterocycles. The fraction of sp³-hybridized carbons (Fsp3) is 0.533. The van der Waals surface area contributed by atoms with Gasteiger partial charge in [0.05, 0.1) is 5.69 Å². The van der Waals surface area contributed by atoms with Gasteiger partial charge in [-0.2, -0.15) is 0 Å². The van der Waals surface area contributed by atoms with E-state index in [-0.39, 0.29) is 17.4 Å². The van der Waals surface area contributed by atoms with E-state index >= 15 is 0 Å². The number of hydrogen-bond acceptors (Lipinski definition) is 3. The second-order valence-electron chi connectivity index (χ2n) is 5.53. The number of carbonyl (C=O) groups excluding carboxylic acids is 1. The van der Waals surface area contributed by atoms with Crippen molar-refractivity contribution in [3.8, 4) is 5.75 Å². The van der Waals surface area contributed by atoms with Gasteiger partial charge >= 0.3 is 6.09 Å². The molecule has 1 aromatic carbocycles. The van der Waals surface area contributed by atoms with Gasteiger partial charge in [0, 0.05) is 19.0 Å². The van der Waals surface area contributed by atoms with Gasteiger partial charge in [-0.05, 0) is 37.8 Å². The Hall–Kier alpha value is -1.71. The van der Waals surface area contributed by atoms with Crippen molar-refractivity contribution in [3.63, 3.8) is 0 Å². The van der Waals surface area contributed by atoms with Gasteiger partial charge in [-0.25, -0.2) is 4.79 Å². The number of benzene rings is 1. The van der Waals surface area contributed by atoms with E-state index in [0.717, 1.165) is 32.1 Å². The predicted molar refractivity (Wildman–Crippen MR) is 72.4 cm³/mol. The first kappa shape index (κ1) is 12.3. The van der Waals surface area contributed by atoms with Crippen molar-refractivity contribution in [1.29, 1.82) is 0 Å². The number of phenols is 1. The number of anilines is 1. The molecule has 1 spiro atoms. The number of amides is 1. The highest BCUT2D eigenvalue weighted by atomic mass is 16.6. The van der Waals surface area contributed by atoms with E-state index in [1.807, 2.05) is 6.07 Å². The second kappa shape index (κ2) is 4.76. The minimum absolute atomic E-state index is 0.170. The summed E-state index contributed by atoms with van der Waals surface area (Å²) in [5.41, 5.74) is 0.485. The lowest BCUT2D eigenvalue weighted by Crippen LogP contribution is -2.50. The van der Waals surface area contributed by atoms with Crippen LogP contribution in [0.4, 0.5) is 10.5 Å². The molecule has 4 nitrogen and oxygen atoms in total. The summed E-state index contributed by atoms with van der Waals surface area (Å²) < 4.78 is 5.73. The molecule has 0 bridgehead atoms. The van der Waals surface area contributed by atoms with Crippen LogP contribution in [0.1, 0.15) is 38.5 Å². The smallest absolute Gasteiger partial charge is 0.414 e. The zero-order valence-corrected chi connectivity index (χ0v) is 11.0.